The Morgan fingerprint density at radius 3 is 2.45 bits per heavy atom. The van der Waals surface area contributed by atoms with Crippen molar-refractivity contribution in [1.82, 2.24) is 0 Å². The Morgan fingerprint density at radius 1 is 1.23 bits per heavy atom. The van der Waals surface area contributed by atoms with E-state index in [9.17, 15) is 18.3 Å². The molecule has 1 aliphatic rings. The molecule has 0 aliphatic carbocycles. The Morgan fingerprint density at radius 2 is 1.91 bits per heavy atom. The molecule has 2 atom stereocenters. The topological polar surface area (TPSA) is 41.9 Å². The molecule has 7 heteroatoms. The summed E-state index contributed by atoms with van der Waals surface area (Å²) in [5.74, 6) is 0.268. The maximum absolute atomic E-state index is 12.9. The van der Waals surface area contributed by atoms with Crippen LogP contribution in [0.4, 0.5) is 18.9 Å². The summed E-state index contributed by atoms with van der Waals surface area (Å²) in [4.78, 5) is 1.79. The number of hydrogen-bond donors (Lipinski definition) is 1. The van der Waals surface area contributed by atoms with E-state index >= 15 is 0 Å². The van der Waals surface area contributed by atoms with Crippen molar-refractivity contribution in [2.75, 3.05) is 32.2 Å². The van der Waals surface area contributed by atoms with Crippen molar-refractivity contribution in [3.8, 4) is 11.5 Å². The number of anilines is 1. The predicted molar refractivity (Wildman–Crippen MR) is 76.5 cm³/mol. The van der Waals surface area contributed by atoms with Crippen LogP contribution in [0, 0.1) is 5.92 Å². The third-order valence-corrected chi connectivity index (χ3v) is 4.28. The second-order valence-corrected chi connectivity index (χ2v) is 5.61. The second-order valence-electron chi connectivity index (χ2n) is 5.61. The van der Waals surface area contributed by atoms with Crippen molar-refractivity contribution in [3.05, 3.63) is 18.2 Å². The maximum Gasteiger partial charge on any atom is 0.417 e. The summed E-state index contributed by atoms with van der Waals surface area (Å²) in [5.41, 5.74) is -2.00. The molecule has 0 bridgehead atoms. The Bertz CT molecular complexity index is 531. The number of ether oxygens (including phenoxy) is 2. The van der Waals surface area contributed by atoms with Gasteiger partial charge in [-0.2, -0.15) is 13.2 Å². The molecule has 1 saturated heterocycles. The molecule has 1 fully saturated rings. The third kappa shape index (κ3) is 2.95. The number of alkyl halides is 3. The highest BCUT2D eigenvalue weighted by atomic mass is 19.4. The zero-order valence-electron chi connectivity index (χ0n) is 12.8. The zero-order valence-corrected chi connectivity index (χ0v) is 12.8. The molecule has 0 spiro atoms. The molecule has 2 unspecified atom stereocenters. The molecule has 1 aliphatic heterocycles. The number of aliphatic hydroxyl groups is 1. The van der Waals surface area contributed by atoms with E-state index in [0.29, 0.717) is 23.7 Å². The lowest BCUT2D eigenvalue weighted by atomic mass is 9.88. The molecule has 124 valence electrons. The Balaban J connectivity index is 2.20. The van der Waals surface area contributed by atoms with Crippen LogP contribution in [0.3, 0.4) is 0 Å². The van der Waals surface area contributed by atoms with Crippen LogP contribution in [0.2, 0.25) is 0 Å². The number of methoxy groups -OCH3 is 2. The van der Waals surface area contributed by atoms with Gasteiger partial charge in [0.2, 0.25) is 0 Å². The van der Waals surface area contributed by atoms with Crippen LogP contribution in [-0.4, -0.2) is 44.2 Å². The van der Waals surface area contributed by atoms with E-state index in [1.807, 2.05) is 0 Å². The molecule has 1 aromatic rings. The molecular formula is C15H20F3NO3. The Hall–Kier alpha value is -1.63. The number of halogens is 3. The SMILES string of the molecule is COc1ccc(N2CCC(C(C)(O)C(F)(F)F)C2)c(OC)c1. The highest BCUT2D eigenvalue weighted by Gasteiger charge is 2.56. The summed E-state index contributed by atoms with van der Waals surface area (Å²) >= 11 is 0. The van der Waals surface area contributed by atoms with Crippen LogP contribution in [-0.2, 0) is 0 Å². The lowest BCUT2D eigenvalue weighted by Gasteiger charge is -2.32. The van der Waals surface area contributed by atoms with E-state index in [2.05, 4.69) is 0 Å². The van der Waals surface area contributed by atoms with E-state index in [4.69, 9.17) is 9.47 Å². The maximum atomic E-state index is 12.9. The van der Waals surface area contributed by atoms with Crippen LogP contribution < -0.4 is 14.4 Å². The van der Waals surface area contributed by atoms with Crippen molar-refractivity contribution in [1.29, 1.82) is 0 Å². The average Bonchev–Trinajstić information content (AvgIpc) is 2.95. The third-order valence-electron chi connectivity index (χ3n) is 4.28. The van der Waals surface area contributed by atoms with Crippen LogP contribution in [0.5, 0.6) is 11.5 Å². The van der Waals surface area contributed by atoms with E-state index in [-0.39, 0.29) is 13.0 Å². The minimum absolute atomic E-state index is 0.120. The fourth-order valence-corrected chi connectivity index (χ4v) is 2.72. The number of hydrogen-bond acceptors (Lipinski definition) is 4. The van der Waals surface area contributed by atoms with Gasteiger partial charge in [0.15, 0.2) is 5.60 Å². The molecule has 2 rings (SSSR count). The Labute approximate surface area is 127 Å². The highest BCUT2D eigenvalue weighted by molar-refractivity contribution is 5.61. The fourth-order valence-electron chi connectivity index (χ4n) is 2.72. The van der Waals surface area contributed by atoms with Gasteiger partial charge in [-0.3, -0.25) is 0 Å². The lowest BCUT2D eigenvalue weighted by Crippen LogP contribution is -2.49. The minimum atomic E-state index is -4.64. The van der Waals surface area contributed by atoms with Crippen molar-refractivity contribution < 1.29 is 27.8 Å². The first-order valence-electron chi connectivity index (χ1n) is 6.96. The van der Waals surface area contributed by atoms with E-state index in [1.54, 1.807) is 23.1 Å². The quantitative estimate of drug-likeness (QED) is 0.927. The molecule has 1 aromatic carbocycles. The molecule has 0 amide bonds. The average molecular weight is 319 g/mol. The molecule has 22 heavy (non-hydrogen) atoms. The summed E-state index contributed by atoms with van der Waals surface area (Å²) in [5, 5.41) is 9.82. The highest BCUT2D eigenvalue weighted by Crippen LogP contribution is 2.42. The van der Waals surface area contributed by atoms with Crippen molar-refractivity contribution >= 4 is 5.69 Å². The monoisotopic (exact) mass is 319 g/mol. The van der Waals surface area contributed by atoms with Gasteiger partial charge in [-0.25, -0.2) is 0 Å². The van der Waals surface area contributed by atoms with Gasteiger partial charge in [-0.15, -0.1) is 0 Å². The van der Waals surface area contributed by atoms with E-state index in [0.717, 1.165) is 6.92 Å². The van der Waals surface area contributed by atoms with Crippen molar-refractivity contribution in [2.45, 2.75) is 25.1 Å². The van der Waals surface area contributed by atoms with Gasteiger partial charge in [-0.05, 0) is 25.5 Å². The van der Waals surface area contributed by atoms with Gasteiger partial charge >= 0.3 is 6.18 Å². The number of nitrogens with zero attached hydrogens (tertiary/aromatic N) is 1. The zero-order chi connectivity index (χ0) is 16.5. The fraction of sp³-hybridized carbons (Fsp3) is 0.600. The normalized spacial score (nSPS) is 21.6. The number of rotatable bonds is 4. The van der Waals surface area contributed by atoms with Gasteiger partial charge < -0.3 is 19.5 Å². The van der Waals surface area contributed by atoms with E-state index < -0.39 is 17.7 Å². The van der Waals surface area contributed by atoms with Gasteiger partial charge in [0, 0.05) is 25.1 Å². The smallest absolute Gasteiger partial charge is 0.417 e. The molecule has 1 N–H and O–H groups in total. The first kappa shape index (κ1) is 16.7. The van der Waals surface area contributed by atoms with Crippen molar-refractivity contribution in [2.24, 2.45) is 5.92 Å². The van der Waals surface area contributed by atoms with Crippen LogP contribution in [0.25, 0.3) is 0 Å². The summed E-state index contributed by atoms with van der Waals surface area (Å²) in [7, 11) is 3.03. The van der Waals surface area contributed by atoms with Gasteiger partial charge in [0.05, 0.1) is 19.9 Å². The molecule has 0 aromatic heterocycles. The predicted octanol–water partition coefficient (Wildman–Crippen LogP) is 2.84. The lowest BCUT2D eigenvalue weighted by molar-refractivity contribution is -0.269. The molecule has 0 radical (unpaired) electrons. The summed E-state index contributed by atoms with van der Waals surface area (Å²) in [6.07, 6.45) is -4.38. The van der Waals surface area contributed by atoms with E-state index in [1.165, 1.54) is 14.2 Å². The molecule has 1 heterocycles. The first-order valence-corrected chi connectivity index (χ1v) is 6.96. The summed E-state index contributed by atoms with van der Waals surface area (Å²) in [6, 6.07) is 5.17. The Kier molecular flexibility index (Phi) is 4.47. The first-order chi connectivity index (χ1) is 10.2. The molecule has 4 nitrogen and oxygen atoms in total. The van der Waals surface area contributed by atoms with Crippen LogP contribution in [0.1, 0.15) is 13.3 Å². The summed E-state index contributed by atoms with van der Waals surface area (Å²) < 4.78 is 49.2. The minimum Gasteiger partial charge on any atom is -0.497 e. The van der Waals surface area contributed by atoms with Gasteiger partial charge in [0.1, 0.15) is 11.5 Å². The summed E-state index contributed by atoms with van der Waals surface area (Å²) in [6.45, 7) is 1.39. The number of benzene rings is 1. The van der Waals surface area contributed by atoms with Crippen LogP contribution >= 0.6 is 0 Å². The molecular weight excluding hydrogens is 299 g/mol. The second kappa shape index (κ2) is 5.87. The van der Waals surface area contributed by atoms with Gasteiger partial charge in [0.25, 0.3) is 0 Å². The standard InChI is InChI=1S/C15H20F3NO3/c1-14(20,15(16,17)18)10-6-7-19(9-10)12-5-4-11(21-2)8-13(12)22-3/h4-5,8,10,20H,6-7,9H2,1-3H3. The van der Waals surface area contributed by atoms with Gasteiger partial charge in [-0.1, -0.05) is 0 Å². The van der Waals surface area contributed by atoms with Crippen molar-refractivity contribution in [3.63, 3.8) is 0 Å². The largest absolute Gasteiger partial charge is 0.497 e. The molecule has 0 saturated carbocycles. The van der Waals surface area contributed by atoms with Crippen LogP contribution in [0.15, 0.2) is 18.2 Å².